The maximum absolute atomic E-state index is 13.5. The molecule has 108 valence electrons. The molecule has 1 aromatic rings. The molecular formula is C9H9F3LiNO4S2. The van der Waals surface area contributed by atoms with Crippen LogP contribution in [0.1, 0.15) is 5.56 Å². The number of hydrogen-bond donors (Lipinski definition) is 1. The first kappa shape index (κ1) is 19.2. The molecule has 0 fully saturated rings. The third-order valence-corrected chi connectivity index (χ3v) is 5.88. The van der Waals surface area contributed by atoms with Gasteiger partial charge in [-0.1, -0.05) is 30.9 Å². The molecule has 0 saturated carbocycles. The van der Waals surface area contributed by atoms with Gasteiger partial charge in [0.05, 0.1) is 4.90 Å². The van der Waals surface area contributed by atoms with Crippen LogP contribution in [-0.2, 0) is 19.9 Å². The molecule has 0 unspecified atom stereocenters. The molecule has 5 nitrogen and oxygen atoms in total. The fourth-order valence-electron chi connectivity index (χ4n) is 1.21. The summed E-state index contributed by atoms with van der Waals surface area (Å²) in [5.41, 5.74) is -0.226. The summed E-state index contributed by atoms with van der Waals surface area (Å²) in [6.07, 6.45) is 0.957. The number of hydrogen-bond acceptors (Lipinski definition) is 4. The summed E-state index contributed by atoms with van der Waals surface area (Å²) < 4.78 is 78.4. The van der Waals surface area contributed by atoms with E-state index in [1.165, 1.54) is 6.07 Å². The Morgan fingerprint density at radius 3 is 2.10 bits per heavy atom. The van der Waals surface area contributed by atoms with E-state index >= 15 is 0 Å². The summed E-state index contributed by atoms with van der Waals surface area (Å²) >= 11 is 0. The fourth-order valence-corrected chi connectivity index (χ4v) is 3.80. The van der Waals surface area contributed by atoms with Crippen LogP contribution in [0.15, 0.2) is 35.7 Å². The number of sulfone groups is 1. The van der Waals surface area contributed by atoms with Gasteiger partial charge >= 0.3 is 33.5 Å². The molecule has 0 saturated heterocycles. The zero-order chi connectivity index (χ0) is 14.9. The van der Waals surface area contributed by atoms with Gasteiger partial charge < -0.3 is 0 Å². The summed E-state index contributed by atoms with van der Waals surface area (Å²) in [7, 11) is -11.6. The van der Waals surface area contributed by atoms with Gasteiger partial charge in [0.15, 0.2) is 0 Å². The average molecular weight is 323 g/mol. The molecule has 1 rings (SSSR count). The normalized spacial score (nSPS) is 12.6. The van der Waals surface area contributed by atoms with Gasteiger partial charge in [0.2, 0.25) is 0 Å². The van der Waals surface area contributed by atoms with Gasteiger partial charge in [-0.25, -0.2) is 16.8 Å². The second-order valence-electron chi connectivity index (χ2n) is 3.29. The van der Waals surface area contributed by atoms with E-state index in [0.717, 1.165) is 24.3 Å². The van der Waals surface area contributed by atoms with Crippen molar-refractivity contribution in [2.45, 2.75) is 9.48 Å². The Balaban J connectivity index is 0.00000361. The van der Waals surface area contributed by atoms with Crippen molar-refractivity contribution in [3.8, 4) is 0 Å². The molecule has 0 aliphatic carbocycles. The third kappa shape index (κ3) is 2.94. The number of alkyl halides is 2. The zero-order valence-corrected chi connectivity index (χ0v) is 10.8. The number of halogens is 3. The van der Waals surface area contributed by atoms with Crippen molar-refractivity contribution in [2.75, 3.05) is 0 Å². The van der Waals surface area contributed by atoms with Crippen LogP contribution < -0.4 is 4.94 Å². The minimum atomic E-state index is -6.00. The van der Waals surface area contributed by atoms with E-state index in [0.29, 0.717) is 0 Å². The van der Waals surface area contributed by atoms with Crippen molar-refractivity contribution in [1.29, 1.82) is 0 Å². The summed E-state index contributed by atoms with van der Waals surface area (Å²) in [4.78, 5) is -1.15. The van der Waals surface area contributed by atoms with Crippen LogP contribution >= 0.6 is 0 Å². The first-order chi connectivity index (χ1) is 8.61. The SMILES string of the molecule is C=Cc1ccccc1S(=O)(=O)C(F)(F)S(=O)(=O)NF.[LiH]. The summed E-state index contributed by atoms with van der Waals surface area (Å²) in [5.74, 6) is 0. The molecule has 0 aliphatic rings. The Hall–Kier alpha value is -0.793. The van der Waals surface area contributed by atoms with Crippen molar-refractivity contribution in [3.63, 3.8) is 0 Å². The van der Waals surface area contributed by atoms with Gasteiger partial charge in [0.25, 0.3) is 9.84 Å². The molecule has 0 radical (unpaired) electrons. The van der Waals surface area contributed by atoms with Crippen LogP contribution in [0, 0.1) is 0 Å². The standard InChI is InChI=1S/C9H8F3NO4S2.Li.H/c1-2-7-5-3-4-6-8(7)18(14,15)9(10,11)19(16,17)13-12;;/h2-6,13H,1H2;;. The van der Waals surface area contributed by atoms with E-state index < -0.39 is 29.3 Å². The van der Waals surface area contributed by atoms with Gasteiger partial charge in [0, 0.05) is 0 Å². The molecule has 1 N–H and O–H groups in total. The molecule has 0 atom stereocenters. The molecule has 0 aliphatic heterocycles. The maximum atomic E-state index is 13.5. The van der Waals surface area contributed by atoms with E-state index in [1.807, 2.05) is 0 Å². The minimum absolute atomic E-state index is 0. The molecule has 0 aromatic heterocycles. The van der Waals surface area contributed by atoms with Gasteiger partial charge in [-0.3, -0.25) is 0 Å². The van der Waals surface area contributed by atoms with E-state index in [9.17, 15) is 30.1 Å². The quantitative estimate of drug-likeness (QED) is 0.642. The first-order valence-electron chi connectivity index (χ1n) is 4.57. The molecule has 20 heavy (non-hydrogen) atoms. The second kappa shape index (κ2) is 6.32. The van der Waals surface area contributed by atoms with Crippen LogP contribution in [0.4, 0.5) is 13.3 Å². The Labute approximate surface area is 126 Å². The van der Waals surface area contributed by atoms with Crippen molar-refractivity contribution in [2.24, 2.45) is 0 Å². The first-order valence-corrected chi connectivity index (χ1v) is 7.54. The Morgan fingerprint density at radius 2 is 1.65 bits per heavy atom. The van der Waals surface area contributed by atoms with E-state index in [4.69, 9.17) is 0 Å². The molecule has 0 bridgehead atoms. The van der Waals surface area contributed by atoms with Gasteiger partial charge in [-0.2, -0.15) is 8.78 Å². The van der Waals surface area contributed by atoms with E-state index in [2.05, 4.69) is 6.58 Å². The predicted molar refractivity (Wildman–Crippen MR) is 69.0 cm³/mol. The van der Waals surface area contributed by atoms with Crippen LogP contribution in [0.25, 0.3) is 6.08 Å². The van der Waals surface area contributed by atoms with Crippen LogP contribution in [0.3, 0.4) is 0 Å². The third-order valence-electron chi connectivity index (χ3n) is 2.16. The van der Waals surface area contributed by atoms with Crippen LogP contribution in [0.2, 0.25) is 0 Å². The number of sulfonamides is 1. The van der Waals surface area contributed by atoms with Crippen molar-refractivity contribution in [3.05, 3.63) is 36.4 Å². The Bertz CT molecular complexity index is 704. The van der Waals surface area contributed by atoms with E-state index in [-0.39, 0.29) is 29.4 Å². The summed E-state index contributed by atoms with van der Waals surface area (Å²) in [5, 5.41) is 0. The molecular weight excluding hydrogens is 314 g/mol. The van der Waals surface area contributed by atoms with Crippen LogP contribution in [0.5, 0.6) is 0 Å². The molecule has 11 heteroatoms. The molecule has 0 heterocycles. The van der Waals surface area contributed by atoms with Crippen molar-refractivity contribution >= 4 is 44.8 Å². The Morgan fingerprint density at radius 1 is 1.15 bits per heavy atom. The number of nitrogens with one attached hydrogen (secondary N) is 1. The van der Waals surface area contributed by atoms with Gasteiger partial charge in [-0.15, -0.1) is 4.48 Å². The molecule has 0 amide bonds. The second-order valence-corrected chi connectivity index (χ2v) is 7.18. The summed E-state index contributed by atoms with van der Waals surface area (Å²) in [6.45, 7) is 3.22. The van der Waals surface area contributed by atoms with Crippen molar-refractivity contribution < 1.29 is 30.1 Å². The fraction of sp³-hybridized carbons (Fsp3) is 0.111. The predicted octanol–water partition coefficient (Wildman–Crippen LogP) is 0.809. The number of benzene rings is 1. The summed E-state index contributed by atoms with van der Waals surface area (Å²) in [6, 6.07) is 4.38. The molecule has 0 spiro atoms. The monoisotopic (exact) mass is 323 g/mol. The average Bonchev–Trinajstić information content (AvgIpc) is 2.38. The number of rotatable bonds is 5. The van der Waals surface area contributed by atoms with Gasteiger partial charge in [-0.05, 0) is 16.6 Å². The van der Waals surface area contributed by atoms with Crippen LogP contribution in [-0.4, -0.2) is 40.3 Å². The zero-order valence-electron chi connectivity index (χ0n) is 9.18. The van der Waals surface area contributed by atoms with Crippen molar-refractivity contribution in [1.82, 2.24) is 4.94 Å². The Kier molecular flexibility index (Phi) is 6.07. The topological polar surface area (TPSA) is 80.3 Å². The van der Waals surface area contributed by atoms with Gasteiger partial charge in [0.1, 0.15) is 0 Å². The molecule has 1 aromatic carbocycles. The van der Waals surface area contributed by atoms with E-state index in [1.54, 1.807) is 0 Å².